The van der Waals surface area contributed by atoms with Crippen LogP contribution < -0.4 is 11.1 Å². The minimum atomic E-state index is -4.50. The molecule has 0 aliphatic carbocycles. The van der Waals surface area contributed by atoms with Gasteiger partial charge in [0.05, 0.1) is 11.6 Å². The number of amides is 1. The molecule has 1 amide bonds. The Kier molecular flexibility index (Phi) is 5.68. The molecule has 1 aliphatic rings. The van der Waals surface area contributed by atoms with Crippen molar-refractivity contribution in [2.75, 3.05) is 44.3 Å². The molecule has 2 aromatic heterocycles. The molecule has 0 saturated carbocycles. The van der Waals surface area contributed by atoms with Gasteiger partial charge in [-0.1, -0.05) is 0 Å². The number of carbonyl (C=O) groups is 1. The molecule has 0 spiro atoms. The van der Waals surface area contributed by atoms with Crippen molar-refractivity contribution in [2.24, 2.45) is 0 Å². The van der Waals surface area contributed by atoms with Crippen molar-refractivity contribution in [3.8, 4) is 0 Å². The number of nitrogen functional groups attached to an aromatic ring is 1. The Hall–Kier alpha value is -3.34. The first-order valence-corrected chi connectivity index (χ1v) is 10.2. The molecule has 3 aromatic rings. The molecule has 1 saturated heterocycles. The molecule has 1 aliphatic heterocycles. The van der Waals surface area contributed by atoms with Gasteiger partial charge in [0.25, 0.3) is 5.91 Å². The monoisotopic (exact) mass is 447 g/mol. The maximum absolute atomic E-state index is 13.2. The highest BCUT2D eigenvalue weighted by atomic mass is 19.4. The number of nitrogens with one attached hydrogen (secondary N) is 1. The molecule has 4 rings (SSSR count). The molecule has 32 heavy (non-hydrogen) atoms. The Balaban J connectivity index is 1.59. The number of aromatic nitrogens is 3. The fourth-order valence-corrected chi connectivity index (χ4v) is 3.67. The fraction of sp³-hybridized carbons (Fsp3) is 0.381. The SMILES string of the molecule is C[C@@H](Nc1nccn2cc(C(=O)N3CCN(C)CC3)nc12)c1cc(N)cc(C(F)(F)F)c1. The Morgan fingerprint density at radius 3 is 2.59 bits per heavy atom. The van der Waals surface area contributed by atoms with Gasteiger partial charge in [0.2, 0.25) is 0 Å². The second kappa shape index (κ2) is 8.30. The number of alkyl halides is 3. The molecule has 0 radical (unpaired) electrons. The van der Waals surface area contributed by atoms with E-state index in [1.807, 2.05) is 7.05 Å². The van der Waals surface area contributed by atoms with Crippen LogP contribution in [-0.2, 0) is 6.18 Å². The third kappa shape index (κ3) is 4.47. The van der Waals surface area contributed by atoms with E-state index >= 15 is 0 Å². The van der Waals surface area contributed by atoms with Crippen LogP contribution in [0, 0.1) is 0 Å². The van der Waals surface area contributed by atoms with Crippen LogP contribution in [0.2, 0.25) is 0 Å². The number of hydrogen-bond acceptors (Lipinski definition) is 6. The molecular weight excluding hydrogens is 423 g/mol. The summed E-state index contributed by atoms with van der Waals surface area (Å²) >= 11 is 0. The lowest BCUT2D eigenvalue weighted by Crippen LogP contribution is -2.47. The van der Waals surface area contributed by atoms with Crippen LogP contribution in [0.1, 0.15) is 34.6 Å². The van der Waals surface area contributed by atoms with Crippen molar-refractivity contribution in [1.29, 1.82) is 0 Å². The summed E-state index contributed by atoms with van der Waals surface area (Å²) in [6, 6.07) is 2.91. The van der Waals surface area contributed by atoms with E-state index in [9.17, 15) is 18.0 Å². The zero-order valence-electron chi connectivity index (χ0n) is 17.7. The molecule has 0 bridgehead atoms. The number of halogens is 3. The Labute approximate surface area is 182 Å². The molecular formula is C21H24F3N7O. The fourth-order valence-electron chi connectivity index (χ4n) is 3.67. The summed E-state index contributed by atoms with van der Waals surface area (Å²) in [5.74, 6) is 0.194. The molecule has 1 fully saturated rings. The van der Waals surface area contributed by atoms with E-state index in [4.69, 9.17) is 5.73 Å². The number of nitrogens with zero attached hydrogens (tertiary/aromatic N) is 5. The molecule has 1 atom stereocenters. The lowest BCUT2D eigenvalue weighted by Gasteiger charge is -2.31. The zero-order valence-corrected chi connectivity index (χ0v) is 17.7. The van der Waals surface area contributed by atoms with Gasteiger partial charge in [-0.3, -0.25) is 4.79 Å². The van der Waals surface area contributed by atoms with E-state index in [0.717, 1.165) is 25.2 Å². The van der Waals surface area contributed by atoms with Crippen molar-refractivity contribution < 1.29 is 18.0 Å². The number of likely N-dealkylation sites (N-methyl/N-ethyl adjacent to an activating group) is 1. The van der Waals surface area contributed by atoms with Crippen LogP contribution in [0.4, 0.5) is 24.7 Å². The predicted molar refractivity (Wildman–Crippen MR) is 114 cm³/mol. The van der Waals surface area contributed by atoms with Gasteiger partial charge in [-0.2, -0.15) is 13.2 Å². The number of carbonyl (C=O) groups excluding carboxylic acids is 1. The Morgan fingerprint density at radius 1 is 1.19 bits per heavy atom. The van der Waals surface area contributed by atoms with E-state index in [1.165, 1.54) is 12.3 Å². The van der Waals surface area contributed by atoms with E-state index in [-0.39, 0.29) is 11.6 Å². The highest BCUT2D eigenvalue weighted by molar-refractivity contribution is 5.93. The number of imidazole rings is 1. The lowest BCUT2D eigenvalue weighted by molar-refractivity contribution is -0.137. The number of piperazine rings is 1. The van der Waals surface area contributed by atoms with Gasteiger partial charge >= 0.3 is 6.18 Å². The first-order valence-electron chi connectivity index (χ1n) is 10.2. The normalized spacial score (nSPS) is 16.3. The number of hydrogen-bond donors (Lipinski definition) is 2. The van der Waals surface area contributed by atoms with Gasteiger partial charge in [-0.05, 0) is 37.7 Å². The van der Waals surface area contributed by atoms with Crippen molar-refractivity contribution in [3.63, 3.8) is 0 Å². The lowest BCUT2D eigenvalue weighted by atomic mass is 10.0. The van der Waals surface area contributed by atoms with Crippen molar-refractivity contribution in [2.45, 2.75) is 19.1 Å². The van der Waals surface area contributed by atoms with E-state index in [2.05, 4.69) is 20.2 Å². The standard InChI is InChI=1S/C21H24F3N7O/c1-13(14-9-15(21(22,23)24)11-16(25)10-14)27-18-19-28-17(12-31(19)4-3-26-18)20(32)30-7-5-29(2)6-8-30/h3-4,9-13H,5-8,25H2,1-2H3,(H,26,27)/t13-/m1/s1. The van der Waals surface area contributed by atoms with E-state index in [1.54, 1.807) is 28.6 Å². The molecule has 3 heterocycles. The van der Waals surface area contributed by atoms with Crippen molar-refractivity contribution in [3.05, 3.63) is 53.6 Å². The van der Waals surface area contributed by atoms with Crippen LogP contribution in [0.5, 0.6) is 0 Å². The van der Waals surface area contributed by atoms with Crippen LogP contribution in [0.15, 0.2) is 36.8 Å². The summed E-state index contributed by atoms with van der Waals surface area (Å²) in [4.78, 5) is 25.5. The van der Waals surface area contributed by atoms with Gasteiger partial charge in [0, 0.05) is 50.5 Å². The highest BCUT2D eigenvalue weighted by Gasteiger charge is 2.31. The van der Waals surface area contributed by atoms with Gasteiger partial charge < -0.3 is 25.3 Å². The summed E-state index contributed by atoms with van der Waals surface area (Å²) in [6.07, 6.45) is 0.342. The third-order valence-corrected chi connectivity index (χ3v) is 5.54. The van der Waals surface area contributed by atoms with Gasteiger partial charge in [-0.25, -0.2) is 9.97 Å². The number of rotatable bonds is 4. The molecule has 170 valence electrons. The van der Waals surface area contributed by atoms with E-state index in [0.29, 0.717) is 35.8 Å². The summed E-state index contributed by atoms with van der Waals surface area (Å²) < 4.78 is 41.2. The van der Waals surface area contributed by atoms with Crippen LogP contribution >= 0.6 is 0 Å². The highest BCUT2D eigenvalue weighted by Crippen LogP contribution is 2.33. The summed E-state index contributed by atoms with van der Waals surface area (Å²) in [6.45, 7) is 4.55. The average Bonchev–Trinajstić information content (AvgIpc) is 3.18. The van der Waals surface area contributed by atoms with Crippen molar-refractivity contribution in [1.82, 2.24) is 24.2 Å². The van der Waals surface area contributed by atoms with Crippen LogP contribution in [-0.4, -0.2) is 63.3 Å². The maximum Gasteiger partial charge on any atom is 0.416 e. The zero-order chi connectivity index (χ0) is 23.0. The van der Waals surface area contributed by atoms with Gasteiger partial charge in [0.1, 0.15) is 5.69 Å². The smallest absolute Gasteiger partial charge is 0.399 e. The van der Waals surface area contributed by atoms with Gasteiger partial charge in [0.15, 0.2) is 11.5 Å². The number of benzene rings is 1. The Bertz CT molecular complexity index is 1140. The molecule has 11 heteroatoms. The predicted octanol–water partition coefficient (Wildman–Crippen LogP) is 2.89. The molecule has 0 unspecified atom stereocenters. The second-order valence-electron chi connectivity index (χ2n) is 7.98. The third-order valence-electron chi connectivity index (χ3n) is 5.54. The van der Waals surface area contributed by atoms with Crippen LogP contribution in [0.25, 0.3) is 5.65 Å². The minimum Gasteiger partial charge on any atom is -0.399 e. The summed E-state index contributed by atoms with van der Waals surface area (Å²) in [5, 5.41) is 3.10. The van der Waals surface area contributed by atoms with Gasteiger partial charge in [-0.15, -0.1) is 0 Å². The van der Waals surface area contributed by atoms with E-state index < -0.39 is 17.8 Å². The largest absolute Gasteiger partial charge is 0.416 e. The first kappa shape index (κ1) is 21.9. The molecule has 8 nitrogen and oxygen atoms in total. The molecule has 1 aromatic carbocycles. The van der Waals surface area contributed by atoms with Crippen molar-refractivity contribution >= 4 is 23.1 Å². The first-order chi connectivity index (χ1) is 15.1. The average molecular weight is 447 g/mol. The number of nitrogens with two attached hydrogens (primary N) is 1. The second-order valence-corrected chi connectivity index (χ2v) is 7.98. The number of fused-ring (bicyclic) bond motifs is 1. The van der Waals surface area contributed by atoms with Crippen LogP contribution in [0.3, 0.4) is 0 Å². The summed E-state index contributed by atoms with van der Waals surface area (Å²) in [5.41, 5.74) is 5.97. The minimum absolute atomic E-state index is 0.0236. The quantitative estimate of drug-likeness (QED) is 0.598. The topological polar surface area (TPSA) is 91.8 Å². The summed E-state index contributed by atoms with van der Waals surface area (Å²) in [7, 11) is 2.01. The maximum atomic E-state index is 13.2. The Morgan fingerprint density at radius 2 is 1.91 bits per heavy atom. The number of anilines is 2. The molecule has 3 N–H and O–H groups in total.